The predicted molar refractivity (Wildman–Crippen MR) is 53.7 cm³/mol. The van der Waals surface area contributed by atoms with Gasteiger partial charge in [-0.15, -0.1) is 0 Å². The van der Waals surface area contributed by atoms with Crippen molar-refractivity contribution in [3.8, 4) is 0 Å². The minimum Gasteiger partial charge on any atom is -0.360 e. The summed E-state index contributed by atoms with van der Waals surface area (Å²) in [5.41, 5.74) is -0.287. The van der Waals surface area contributed by atoms with Gasteiger partial charge in [-0.3, -0.25) is 5.32 Å². The Balaban J connectivity index is 1.93. The second kappa shape index (κ2) is 3.47. The monoisotopic (exact) mass is 219 g/mol. The molecule has 2 atom stereocenters. The molecular weight excluding hydrogens is 202 g/mol. The van der Waals surface area contributed by atoms with Crippen LogP contribution in [0.3, 0.4) is 0 Å². The molecule has 2 aliphatic rings. The molecule has 0 aliphatic carbocycles. The highest BCUT2D eigenvalue weighted by molar-refractivity contribution is 7.91. The zero-order chi connectivity index (χ0) is 10.2. The van der Waals surface area contributed by atoms with Crippen LogP contribution in [0.25, 0.3) is 0 Å². The predicted octanol–water partition coefficient (Wildman–Crippen LogP) is 0.147. The van der Waals surface area contributed by atoms with Gasteiger partial charge in [0.1, 0.15) is 5.72 Å². The molecule has 0 radical (unpaired) electrons. The summed E-state index contributed by atoms with van der Waals surface area (Å²) in [6.45, 7) is 3.61. The van der Waals surface area contributed by atoms with Crippen molar-refractivity contribution in [2.45, 2.75) is 25.5 Å². The molecule has 0 aromatic carbocycles. The summed E-state index contributed by atoms with van der Waals surface area (Å²) < 4.78 is 28.1. The third-order valence-electron chi connectivity index (χ3n) is 3.03. The van der Waals surface area contributed by atoms with Crippen LogP contribution in [-0.4, -0.2) is 38.8 Å². The maximum atomic E-state index is 11.3. The van der Waals surface area contributed by atoms with E-state index in [1.165, 1.54) is 0 Å². The fraction of sp³-hybridized carbons (Fsp3) is 1.00. The van der Waals surface area contributed by atoms with E-state index in [0.29, 0.717) is 11.5 Å². The maximum absolute atomic E-state index is 11.3. The van der Waals surface area contributed by atoms with Gasteiger partial charge in [-0.1, -0.05) is 0 Å². The van der Waals surface area contributed by atoms with Gasteiger partial charge in [-0.25, -0.2) is 8.42 Å². The quantitative estimate of drug-likeness (QED) is 0.718. The van der Waals surface area contributed by atoms with Gasteiger partial charge in [-0.2, -0.15) is 0 Å². The van der Waals surface area contributed by atoms with Crippen LogP contribution in [0.4, 0.5) is 0 Å². The van der Waals surface area contributed by atoms with E-state index in [-0.39, 0.29) is 11.6 Å². The average Bonchev–Trinajstić information content (AvgIpc) is 2.59. The second-order valence-corrected chi connectivity index (χ2v) is 6.71. The number of rotatable bonds is 2. The summed E-state index contributed by atoms with van der Waals surface area (Å²) in [6, 6.07) is 0. The van der Waals surface area contributed by atoms with E-state index >= 15 is 0 Å². The molecule has 0 spiro atoms. The van der Waals surface area contributed by atoms with E-state index in [1.807, 2.05) is 6.92 Å². The van der Waals surface area contributed by atoms with Gasteiger partial charge in [0.2, 0.25) is 0 Å². The molecule has 82 valence electrons. The Kier molecular flexibility index (Phi) is 2.57. The Labute approximate surface area is 84.9 Å². The molecule has 1 N–H and O–H groups in total. The van der Waals surface area contributed by atoms with Gasteiger partial charge in [0, 0.05) is 6.54 Å². The molecule has 2 heterocycles. The van der Waals surface area contributed by atoms with E-state index in [0.717, 1.165) is 26.0 Å². The Morgan fingerprint density at radius 2 is 2.36 bits per heavy atom. The third-order valence-corrected chi connectivity index (χ3v) is 4.86. The Bertz CT molecular complexity index is 306. The van der Waals surface area contributed by atoms with Gasteiger partial charge in [-0.05, 0) is 25.7 Å². The largest absolute Gasteiger partial charge is 0.360 e. The smallest absolute Gasteiger partial charge is 0.150 e. The number of hydrogen-bond donors (Lipinski definition) is 1. The molecule has 2 aliphatic heterocycles. The van der Waals surface area contributed by atoms with Crippen molar-refractivity contribution in [1.82, 2.24) is 5.32 Å². The van der Waals surface area contributed by atoms with Crippen molar-refractivity contribution >= 4 is 9.84 Å². The second-order valence-electron chi connectivity index (χ2n) is 4.48. The van der Waals surface area contributed by atoms with Gasteiger partial charge in [0.25, 0.3) is 0 Å². The average molecular weight is 219 g/mol. The molecule has 2 fully saturated rings. The number of ether oxygens (including phenoxy) is 1. The molecule has 2 saturated heterocycles. The van der Waals surface area contributed by atoms with E-state index in [1.54, 1.807) is 0 Å². The zero-order valence-electron chi connectivity index (χ0n) is 8.45. The van der Waals surface area contributed by atoms with E-state index < -0.39 is 9.84 Å². The van der Waals surface area contributed by atoms with Crippen LogP contribution < -0.4 is 5.32 Å². The van der Waals surface area contributed by atoms with Crippen LogP contribution in [0, 0.1) is 5.92 Å². The Morgan fingerprint density at radius 3 is 2.86 bits per heavy atom. The van der Waals surface area contributed by atoms with E-state index in [9.17, 15) is 8.42 Å². The lowest BCUT2D eigenvalue weighted by atomic mass is 9.98. The SMILES string of the molecule is CC1(CC2CCS(=O)(=O)C2)NCCO1. The van der Waals surface area contributed by atoms with Gasteiger partial charge >= 0.3 is 0 Å². The normalized spacial score (nSPS) is 41.6. The first-order valence-electron chi connectivity index (χ1n) is 5.09. The summed E-state index contributed by atoms with van der Waals surface area (Å²) in [7, 11) is -2.75. The van der Waals surface area contributed by atoms with Crippen LogP contribution in [0.2, 0.25) is 0 Å². The van der Waals surface area contributed by atoms with E-state index in [4.69, 9.17) is 4.74 Å². The molecule has 2 unspecified atom stereocenters. The van der Waals surface area contributed by atoms with Crippen molar-refractivity contribution in [2.24, 2.45) is 5.92 Å². The molecule has 0 saturated carbocycles. The Morgan fingerprint density at radius 1 is 1.57 bits per heavy atom. The fourth-order valence-corrected chi connectivity index (χ4v) is 4.22. The molecule has 0 bridgehead atoms. The molecule has 5 heteroatoms. The standard InChI is InChI=1S/C9H17NO3S/c1-9(10-3-4-13-9)6-8-2-5-14(11,12)7-8/h8,10H,2-7H2,1H3. The lowest BCUT2D eigenvalue weighted by Gasteiger charge is -2.26. The first-order chi connectivity index (χ1) is 6.49. The minimum atomic E-state index is -2.75. The van der Waals surface area contributed by atoms with Crippen molar-refractivity contribution in [3.05, 3.63) is 0 Å². The summed E-state index contributed by atoms with van der Waals surface area (Å²) in [6.07, 6.45) is 1.61. The third kappa shape index (κ3) is 2.27. The van der Waals surface area contributed by atoms with Crippen molar-refractivity contribution in [3.63, 3.8) is 0 Å². The maximum Gasteiger partial charge on any atom is 0.150 e. The summed E-state index contributed by atoms with van der Waals surface area (Å²) in [5, 5.41) is 3.27. The van der Waals surface area contributed by atoms with Crippen molar-refractivity contribution in [1.29, 1.82) is 0 Å². The Hall–Kier alpha value is -0.130. The molecule has 0 aromatic heterocycles. The van der Waals surface area contributed by atoms with E-state index in [2.05, 4.69) is 5.32 Å². The van der Waals surface area contributed by atoms with Crippen LogP contribution in [0.5, 0.6) is 0 Å². The van der Waals surface area contributed by atoms with Crippen LogP contribution >= 0.6 is 0 Å². The summed E-state index contributed by atoms with van der Waals surface area (Å²) in [5.74, 6) is 0.970. The highest BCUT2D eigenvalue weighted by Crippen LogP contribution is 2.29. The molecule has 2 rings (SSSR count). The first kappa shape index (κ1) is 10.4. The van der Waals surface area contributed by atoms with Crippen molar-refractivity contribution < 1.29 is 13.2 Å². The summed E-state index contributed by atoms with van der Waals surface area (Å²) in [4.78, 5) is 0. The van der Waals surface area contributed by atoms with Crippen LogP contribution in [0.1, 0.15) is 19.8 Å². The summed E-state index contributed by atoms with van der Waals surface area (Å²) >= 11 is 0. The topological polar surface area (TPSA) is 55.4 Å². The lowest BCUT2D eigenvalue weighted by molar-refractivity contribution is -0.0109. The van der Waals surface area contributed by atoms with Gasteiger partial charge in [0.05, 0.1) is 18.1 Å². The number of hydrogen-bond acceptors (Lipinski definition) is 4. The zero-order valence-corrected chi connectivity index (χ0v) is 9.27. The van der Waals surface area contributed by atoms with Crippen LogP contribution in [-0.2, 0) is 14.6 Å². The minimum absolute atomic E-state index is 0.274. The number of nitrogens with one attached hydrogen (secondary N) is 1. The molecule has 14 heavy (non-hydrogen) atoms. The van der Waals surface area contributed by atoms with Gasteiger partial charge < -0.3 is 4.74 Å². The number of sulfone groups is 1. The van der Waals surface area contributed by atoms with Crippen LogP contribution in [0.15, 0.2) is 0 Å². The highest BCUT2D eigenvalue weighted by atomic mass is 32.2. The molecule has 0 amide bonds. The molecule has 4 nitrogen and oxygen atoms in total. The first-order valence-corrected chi connectivity index (χ1v) is 6.91. The molecule has 0 aromatic rings. The lowest BCUT2D eigenvalue weighted by Crippen LogP contribution is -2.39. The molecular formula is C9H17NO3S. The van der Waals surface area contributed by atoms with Crippen molar-refractivity contribution in [2.75, 3.05) is 24.7 Å². The highest BCUT2D eigenvalue weighted by Gasteiger charge is 2.36. The van der Waals surface area contributed by atoms with Gasteiger partial charge in [0.15, 0.2) is 9.84 Å². The fourth-order valence-electron chi connectivity index (χ4n) is 2.36.